The molecule has 1 aromatic carbocycles. The van der Waals surface area contributed by atoms with Gasteiger partial charge in [0.1, 0.15) is 6.29 Å². The molecule has 3 N–H and O–H groups in total. The van der Waals surface area contributed by atoms with E-state index in [1.807, 2.05) is 19.1 Å². The van der Waals surface area contributed by atoms with E-state index in [4.69, 9.17) is 5.73 Å². The molecule has 7 heteroatoms. The predicted octanol–water partition coefficient (Wildman–Crippen LogP) is -0.205. The molecule has 0 radical (unpaired) electrons. The van der Waals surface area contributed by atoms with Gasteiger partial charge in [-0.1, -0.05) is 12.1 Å². The number of hydrogen-bond donors (Lipinski definition) is 2. The van der Waals surface area contributed by atoms with Crippen molar-refractivity contribution in [2.24, 2.45) is 0 Å². The number of benzene rings is 1. The number of carbonyl (C=O) groups excluding carboxylic acids is 1. The Balaban J connectivity index is 2.19. The second kappa shape index (κ2) is 4.68. The monoisotopic (exact) mass is 269 g/mol. The third-order valence-electron chi connectivity index (χ3n) is 2.91. The third-order valence-corrected chi connectivity index (χ3v) is 4.47. The molecule has 1 aliphatic heterocycles. The van der Waals surface area contributed by atoms with E-state index >= 15 is 0 Å². The Hall–Kier alpha value is -1.44. The molecule has 0 aliphatic carbocycles. The number of aryl methyl sites for hydroxylation is 1. The zero-order valence-corrected chi connectivity index (χ0v) is 10.8. The van der Waals surface area contributed by atoms with Crippen LogP contribution in [-0.2, 0) is 21.5 Å². The molecule has 1 aromatic rings. The molecule has 1 fully saturated rings. The fourth-order valence-electron chi connectivity index (χ4n) is 1.83. The largest absolute Gasteiger partial charge is 0.399 e. The van der Waals surface area contributed by atoms with Gasteiger partial charge < -0.3 is 10.5 Å². The molecule has 6 nitrogen and oxygen atoms in total. The molecule has 0 amide bonds. The van der Waals surface area contributed by atoms with Crippen molar-refractivity contribution in [2.45, 2.75) is 19.5 Å². The average molecular weight is 269 g/mol. The average Bonchev–Trinajstić information content (AvgIpc) is 2.59. The minimum absolute atomic E-state index is 0.152. The van der Waals surface area contributed by atoms with E-state index in [0.29, 0.717) is 12.0 Å². The fraction of sp³-hybridized carbons (Fsp3) is 0.364. The Labute approximate surface area is 106 Å². The quantitative estimate of drug-likeness (QED) is 0.587. The summed E-state index contributed by atoms with van der Waals surface area (Å²) >= 11 is 0. The first-order valence-corrected chi connectivity index (χ1v) is 6.94. The molecule has 0 aromatic heterocycles. The Morgan fingerprint density at radius 2 is 2.28 bits per heavy atom. The summed E-state index contributed by atoms with van der Waals surface area (Å²) in [6.07, 6.45) is 0.598. The zero-order chi connectivity index (χ0) is 13.3. The highest BCUT2D eigenvalue weighted by atomic mass is 32.2. The summed E-state index contributed by atoms with van der Waals surface area (Å²) in [6.45, 7) is 2.25. The topological polar surface area (TPSA) is 92.5 Å². The zero-order valence-electron chi connectivity index (χ0n) is 9.96. The lowest BCUT2D eigenvalue weighted by molar-refractivity contribution is -0.109. The summed E-state index contributed by atoms with van der Waals surface area (Å²) in [6, 6.07) is 4.75. The molecule has 1 saturated heterocycles. The maximum Gasteiger partial charge on any atom is 0.280 e. The maximum absolute atomic E-state index is 11.7. The Morgan fingerprint density at radius 3 is 2.83 bits per heavy atom. The maximum atomic E-state index is 11.7. The van der Waals surface area contributed by atoms with E-state index in [1.54, 1.807) is 6.07 Å². The molecule has 1 aliphatic rings. The van der Waals surface area contributed by atoms with E-state index in [0.717, 1.165) is 11.1 Å². The summed E-state index contributed by atoms with van der Waals surface area (Å²) in [5, 5.41) is 0. The lowest BCUT2D eigenvalue weighted by atomic mass is 10.1. The van der Waals surface area contributed by atoms with E-state index in [9.17, 15) is 13.2 Å². The molecular weight excluding hydrogens is 254 g/mol. The highest BCUT2D eigenvalue weighted by Gasteiger charge is 2.34. The summed E-state index contributed by atoms with van der Waals surface area (Å²) in [5.74, 6) is 0. The van der Waals surface area contributed by atoms with Gasteiger partial charge in [0.2, 0.25) is 0 Å². The van der Waals surface area contributed by atoms with Crippen LogP contribution < -0.4 is 10.5 Å². The second-order valence-corrected chi connectivity index (χ2v) is 6.05. The van der Waals surface area contributed by atoms with Crippen LogP contribution in [-0.4, -0.2) is 31.6 Å². The van der Waals surface area contributed by atoms with Gasteiger partial charge in [0.25, 0.3) is 10.2 Å². The number of anilines is 1. The highest BCUT2D eigenvalue weighted by Crippen LogP contribution is 2.18. The Bertz CT molecular complexity index is 571. The van der Waals surface area contributed by atoms with Gasteiger partial charge in [0, 0.05) is 18.8 Å². The first-order chi connectivity index (χ1) is 8.42. The second-order valence-electron chi connectivity index (χ2n) is 4.35. The standard InChI is InChI=1S/C11H15N3O3S/c1-8-2-3-9(4-11(8)12)5-14-6-10(7-15)13-18(14,16)17/h2-4,7,10,13H,5-6,12H2,1H3. The predicted molar refractivity (Wildman–Crippen MR) is 67.9 cm³/mol. The molecule has 0 bridgehead atoms. The minimum Gasteiger partial charge on any atom is -0.399 e. The molecule has 1 atom stereocenters. The summed E-state index contributed by atoms with van der Waals surface area (Å²) in [5.41, 5.74) is 8.16. The van der Waals surface area contributed by atoms with Gasteiger partial charge in [-0.2, -0.15) is 17.4 Å². The SMILES string of the molecule is Cc1ccc(CN2CC(C=O)NS2(=O)=O)cc1N. The number of nitrogen functional groups attached to an aromatic ring is 1. The number of aldehydes is 1. The number of nitrogens with one attached hydrogen (secondary N) is 1. The lowest BCUT2D eigenvalue weighted by Gasteiger charge is -2.14. The summed E-state index contributed by atoms with van der Waals surface area (Å²) in [4.78, 5) is 10.6. The molecular formula is C11H15N3O3S. The first kappa shape index (κ1) is 13.0. The highest BCUT2D eigenvalue weighted by molar-refractivity contribution is 7.87. The van der Waals surface area contributed by atoms with Gasteiger partial charge in [-0.05, 0) is 24.1 Å². The van der Waals surface area contributed by atoms with Crippen molar-refractivity contribution in [1.82, 2.24) is 9.03 Å². The van der Waals surface area contributed by atoms with Gasteiger partial charge in [-0.25, -0.2) is 0 Å². The first-order valence-electron chi connectivity index (χ1n) is 5.50. The molecule has 1 heterocycles. The van der Waals surface area contributed by atoms with Gasteiger partial charge in [-0.15, -0.1) is 0 Å². The Morgan fingerprint density at radius 1 is 1.56 bits per heavy atom. The molecule has 2 rings (SSSR count). The van der Waals surface area contributed by atoms with E-state index in [1.165, 1.54) is 4.31 Å². The van der Waals surface area contributed by atoms with Crippen molar-refractivity contribution in [3.63, 3.8) is 0 Å². The Kier molecular flexibility index (Phi) is 3.38. The molecule has 98 valence electrons. The molecule has 0 spiro atoms. The van der Waals surface area contributed by atoms with E-state index in [-0.39, 0.29) is 13.1 Å². The smallest absolute Gasteiger partial charge is 0.280 e. The van der Waals surface area contributed by atoms with Crippen LogP contribution in [0.1, 0.15) is 11.1 Å². The summed E-state index contributed by atoms with van der Waals surface area (Å²) < 4.78 is 26.9. The molecule has 18 heavy (non-hydrogen) atoms. The molecule has 0 saturated carbocycles. The van der Waals surface area contributed by atoms with E-state index in [2.05, 4.69) is 4.72 Å². The number of nitrogens with two attached hydrogens (primary N) is 1. The third kappa shape index (κ3) is 2.53. The number of hydrogen-bond acceptors (Lipinski definition) is 4. The van der Waals surface area contributed by atoms with Crippen LogP contribution in [0, 0.1) is 6.92 Å². The van der Waals surface area contributed by atoms with Gasteiger partial charge >= 0.3 is 0 Å². The van der Waals surface area contributed by atoms with Crippen molar-refractivity contribution >= 4 is 22.2 Å². The van der Waals surface area contributed by atoms with Crippen LogP contribution in [0.25, 0.3) is 0 Å². The van der Waals surface area contributed by atoms with Crippen molar-refractivity contribution in [3.8, 4) is 0 Å². The van der Waals surface area contributed by atoms with Crippen molar-refractivity contribution < 1.29 is 13.2 Å². The fourth-order valence-corrected chi connectivity index (χ4v) is 3.17. The molecule has 1 unspecified atom stereocenters. The van der Waals surface area contributed by atoms with Gasteiger partial charge in [0.05, 0.1) is 6.04 Å². The van der Waals surface area contributed by atoms with Crippen molar-refractivity contribution in [1.29, 1.82) is 0 Å². The normalized spacial score (nSPS) is 23.1. The van der Waals surface area contributed by atoms with Crippen LogP contribution in [0.5, 0.6) is 0 Å². The lowest BCUT2D eigenvalue weighted by Crippen LogP contribution is -2.30. The van der Waals surface area contributed by atoms with Crippen LogP contribution in [0.15, 0.2) is 18.2 Å². The van der Waals surface area contributed by atoms with Crippen LogP contribution >= 0.6 is 0 Å². The minimum atomic E-state index is -3.56. The number of rotatable bonds is 3. The number of carbonyl (C=O) groups is 1. The van der Waals surface area contributed by atoms with Crippen molar-refractivity contribution in [3.05, 3.63) is 29.3 Å². The van der Waals surface area contributed by atoms with Crippen molar-refractivity contribution in [2.75, 3.05) is 12.3 Å². The van der Waals surface area contributed by atoms with Crippen LogP contribution in [0.4, 0.5) is 5.69 Å². The van der Waals surface area contributed by atoms with Crippen LogP contribution in [0.2, 0.25) is 0 Å². The van der Waals surface area contributed by atoms with Crippen LogP contribution in [0.3, 0.4) is 0 Å². The van der Waals surface area contributed by atoms with Gasteiger partial charge in [0.15, 0.2) is 0 Å². The number of nitrogens with zero attached hydrogens (tertiary/aromatic N) is 1. The summed E-state index contributed by atoms with van der Waals surface area (Å²) in [7, 11) is -3.56. The van der Waals surface area contributed by atoms with Gasteiger partial charge in [-0.3, -0.25) is 0 Å². The van der Waals surface area contributed by atoms with E-state index < -0.39 is 16.3 Å².